The molecule has 1 amide bonds. The van der Waals surface area contributed by atoms with Crippen molar-refractivity contribution in [1.82, 2.24) is 9.88 Å². The van der Waals surface area contributed by atoms with Crippen LogP contribution in [0.5, 0.6) is 0 Å². The first-order valence-electron chi connectivity index (χ1n) is 8.95. The number of rotatable bonds is 6. The smallest absolute Gasteiger partial charge is 0.226 e. The van der Waals surface area contributed by atoms with Gasteiger partial charge in [0.1, 0.15) is 0 Å². The zero-order chi connectivity index (χ0) is 17.8. The predicted octanol–water partition coefficient (Wildman–Crippen LogP) is 4.88. The number of hydrogen-bond donors (Lipinski definition) is 1. The summed E-state index contributed by atoms with van der Waals surface area (Å²) in [5.74, 6) is 0.769. The average Bonchev–Trinajstić information content (AvgIpc) is 2.99. The van der Waals surface area contributed by atoms with E-state index in [1.807, 2.05) is 42.3 Å². The molecule has 0 unspecified atom stereocenters. The summed E-state index contributed by atoms with van der Waals surface area (Å²) < 4.78 is 0. The van der Waals surface area contributed by atoms with Crippen LogP contribution in [0.4, 0.5) is 0 Å². The van der Waals surface area contributed by atoms with Crippen molar-refractivity contribution in [3.63, 3.8) is 0 Å². The number of nitrogens with zero attached hydrogens (tertiary/aromatic N) is 1. The van der Waals surface area contributed by atoms with Crippen molar-refractivity contribution in [3.05, 3.63) is 60.2 Å². The lowest BCUT2D eigenvalue weighted by Crippen LogP contribution is -2.29. The highest BCUT2D eigenvalue weighted by Crippen LogP contribution is 2.31. The number of likely N-dealkylation sites (N-methyl/N-ethyl adjacent to an activating group) is 1. The quantitative estimate of drug-likeness (QED) is 0.685. The van der Waals surface area contributed by atoms with Gasteiger partial charge in [0.05, 0.1) is 12.1 Å². The molecule has 0 saturated carbocycles. The molecular formula is C22H26N2O. The molecule has 0 bridgehead atoms. The monoisotopic (exact) mass is 334 g/mol. The molecule has 0 aliphatic carbocycles. The molecule has 3 nitrogen and oxygen atoms in total. The van der Waals surface area contributed by atoms with Crippen molar-refractivity contribution in [2.24, 2.45) is 5.92 Å². The van der Waals surface area contributed by atoms with Gasteiger partial charge in [-0.15, -0.1) is 0 Å². The summed E-state index contributed by atoms with van der Waals surface area (Å²) in [7, 11) is 1.90. The number of carbonyl (C=O) groups is 1. The van der Waals surface area contributed by atoms with Crippen molar-refractivity contribution in [2.45, 2.75) is 26.7 Å². The maximum Gasteiger partial charge on any atom is 0.226 e. The number of aromatic nitrogens is 1. The van der Waals surface area contributed by atoms with Gasteiger partial charge in [0.25, 0.3) is 0 Å². The molecule has 3 rings (SSSR count). The number of nitrogens with one attached hydrogen (secondary N) is 1. The van der Waals surface area contributed by atoms with Crippen LogP contribution in [-0.2, 0) is 11.2 Å². The lowest BCUT2D eigenvalue weighted by molar-refractivity contribution is -0.129. The Balaban J connectivity index is 1.93. The molecule has 130 valence electrons. The molecule has 1 aromatic heterocycles. The Morgan fingerprint density at radius 1 is 1.04 bits per heavy atom. The molecule has 1 heterocycles. The third kappa shape index (κ3) is 3.93. The molecule has 3 aromatic rings. The lowest BCUT2D eigenvalue weighted by Gasteiger charge is -2.18. The van der Waals surface area contributed by atoms with Crippen molar-refractivity contribution >= 4 is 16.8 Å². The second kappa shape index (κ2) is 7.56. The van der Waals surface area contributed by atoms with Gasteiger partial charge in [-0.05, 0) is 29.5 Å². The van der Waals surface area contributed by atoms with Crippen LogP contribution in [0.25, 0.3) is 22.2 Å². The summed E-state index contributed by atoms with van der Waals surface area (Å²) in [6.45, 7) is 5.18. The van der Waals surface area contributed by atoms with Crippen LogP contribution in [0.15, 0.2) is 54.6 Å². The van der Waals surface area contributed by atoms with Gasteiger partial charge in [0.2, 0.25) is 5.91 Å². The van der Waals surface area contributed by atoms with Crippen LogP contribution < -0.4 is 0 Å². The molecular weight excluding hydrogens is 308 g/mol. The second-order valence-electron chi connectivity index (χ2n) is 7.06. The van der Waals surface area contributed by atoms with Crippen LogP contribution >= 0.6 is 0 Å². The second-order valence-corrected chi connectivity index (χ2v) is 7.06. The summed E-state index contributed by atoms with van der Waals surface area (Å²) in [5, 5.41) is 1.13. The Bertz CT molecular complexity index is 849. The largest absolute Gasteiger partial charge is 0.354 e. The van der Waals surface area contributed by atoms with Crippen molar-refractivity contribution < 1.29 is 4.79 Å². The van der Waals surface area contributed by atoms with Gasteiger partial charge >= 0.3 is 0 Å². The summed E-state index contributed by atoms with van der Waals surface area (Å²) in [6.07, 6.45) is 1.45. The zero-order valence-electron chi connectivity index (χ0n) is 15.3. The average molecular weight is 334 g/mol. The van der Waals surface area contributed by atoms with Crippen LogP contribution in [-0.4, -0.2) is 29.4 Å². The Hall–Kier alpha value is -2.55. The maximum atomic E-state index is 12.8. The van der Waals surface area contributed by atoms with Gasteiger partial charge in [-0.3, -0.25) is 4.79 Å². The van der Waals surface area contributed by atoms with E-state index in [4.69, 9.17) is 0 Å². The molecule has 0 radical (unpaired) electrons. The van der Waals surface area contributed by atoms with Crippen LogP contribution in [0, 0.1) is 5.92 Å². The number of fused-ring (bicyclic) bond motifs is 1. The Morgan fingerprint density at radius 2 is 1.72 bits per heavy atom. The minimum atomic E-state index is 0.169. The molecule has 25 heavy (non-hydrogen) atoms. The number of amides is 1. The zero-order valence-corrected chi connectivity index (χ0v) is 15.3. The van der Waals surface area contributed by atoms with E-state index in [9.17, 15) is 4.79 Å². The molecule has 1 N–H and O–H groups in total. The summed E-state index contributed by atoms with van der Waals surface area (Å²) in [4.78, 5) is 18.1. The van der Waals surface area contributed by atoms with Crippen molar-refractivity contribution in [3.8, 4) is 11.3 Å². The standard InChI is InChI=1S/C22H26N2O/c1-16(2)13-14-24(3)21(25)15-19-18-11-7-8-12-20(18)23-22(19)17-9-5-4-6-10-17/h4-12,16,23H,13-15H2,1-3H3. The van der Waals surface area contributed by atoms with Crippen molar-refractivity contribution in [2.75, 3.05) is 13.6 Å². The van der Waals surface area contributed by atoms with E-state index < -0.39 is 0 Å². The van der Waals surface area contributed by atoms with E-state index in [2.05, 4.69) is 43.1 Å². The predicted molar refractivity (Wildman–Crippen MR) is 105 cm³/mol. The molecule has 2 aromatic carbocycles. The van der Waals surface area contributed by atoms with Gasteiger partial charge in [-0.1, -0.05) is 62.4 Å². The number of hydrogen-bond acceptors (Lipinski definition) is 1. The number of H-pyrrole nitrogens is 1. The molecule has 0 aliphatic rings. The highest BCUT2D eigenvalue weighted by atomic mass is 16.2. The van der Waals surface area contributed by atoms with Gasteiger partial charge in [0, 0.05) is 24.5 Å². The minimum Gasteiger partial charge on any atom is -0.354 e. The number of benzene rings is 2. The van der Waals surface area contributed by atoms with E-state index in [0.29, 0.717) is 12.3 Å². The third-order valence-corrected chi connectivity index (χ3v) is 4.67. The summed E-state index contributed by atoms with van der Waals surface area (Å²) in [6, 6.07) is 18.4. The first-order valence-corrected chi connectivity index (χ1v) is 8.95. The van der Waals surface area contributed by atoms with E-state index in [1.54, 1.807) is 0 Å². The van der Waals surface area contributed by atoms with Crippen LogP contribution in [0.1, 0.15) is 25.8 Å². The Labute approximate surface area is 149 Å². The maximum absolute atomic E-state index is 12.8. The molecule has 0 saturated heterocycles. The fraction of sp³-hybridized carbons (Fsp3) is 0.318. The van der Waals surface area contributed by atoms with Gasteiger partial charge < -0.3 is 9.88 Å². The van der Waals surface area contributed by atoms with E-state index >= 15 is 0 Å². The lowest BCUT2D eigenvalue weighted by atomic mass is 10.0. The number of carbonyl (C=O) groups excluding carboxylic acids is 1. The summed E-state index contributed by atoms with van der Waals surface area (Å²) in [5.41, 5.74) is 4.33. The number of aromatic amines is 1. The number of para-hydroxylation sites is 1. The van der Waals surface area contributed by atoms with E-state index in [-0.39, 0.29) is 5.91 Å². The highest BCUT2D eigenvalue weighted by Gasteiger charge is 2.18. The minimum absolute atomic E-state index is 0.169. The molecule has 0 fully saturated rings. The van der Waals surface area contributed by atoms with Gasteiger partial charge in [-0.25, -0.2) is 0 Å². The van der Waals surface area contributed by atoms with E-state index in [1.165, 1.54) is 0 Å². The van der Waals surface area contributed by atoms with Crippen LogP contribution in [0.3, 0.4) is 0 Å². The summed E-state index contributed by atoms with van der Waals surface area (Å²) >= 11 is 0. The first kappa shape index (κ1) is 17.3. The highest BCUT2D eigenvalue weighted by molar-refractivity contribution is 5.95. The van der Waals surface area contributed by atoms with E-state index in [0.717, 1.165) is 40.7 Å². The third-order valence-electron chi connectivity index (χ3n) is 4.67. The van der Waals surface area contributed by atoms with Crippen LogP contribution in [0.2, 0.25) is 0 Å². The normalized spacial score (nSPS) is 11.2. The topological polar surface area (TPSA) is 36.1 Å². The molecule has 3 heteroatoms. The SMILES string of the molecule is CC(C)CCN(C)C(=O)Cc1c(-c2ccccc2)[nH]c2ccccc12. The van der Waals surface area contributed by atoms with Gasteiger partial charge in [-0.2, -0.15) is 0 Å². The first-order chi connectivity index (χ1) is 12.1. The van der Waals surface area contributed by atoms with Gasteiger partial charge in [0.15, 0.2) is 0 Å². The fourth-order valence-corrected chi connectivity index (χ4v) is 3.10. The fourth-order valence-electron chi connectivity index (χ4n) is 3.10. The van der Waals surface area contributed by atoms with Crippen molar-refractivity contribution in [1.29, 1.82) is 0 Å². The molecule has 0 aliphatic heterocycles. The molecule has 0 atom stereocenters. The Morgan fingerprint density at radius 3 is 2.44 bits per heavy atom. The Kier molecular flexibility index (Phi) is 5.22. The molecule has 0 spiro atoms.